The van der Waals surface area contributed by atoms with Gasteiger partial charge in [-0.1, -0.05) is 30.4 Å². The van der Waals surface area contributed by atoms with E-state index in [-0.39, 0.29) is 17.5 Å². The number of carbonyl (C=O) groups excluding carboxylic acids is 1. The van der Waals surface area contributed by atoms with Gasteiger partial charge in [-0.2, -0.15) is 10.1 Å². The Kier molecular flexibility index (Phi) is 6.23. The number of hydrogen-bond donors (Lipinski definition) is 3. The summed E-state index contributed by atoms with van der Waals surface area (Å²) in [5.74, 6) is 0.816. The number of nitrogens with one attached hydrogen (secondary N) is 2. The van der Waals surface area contributed by atoms with Crippen molar-refractivity contribution in [2.24, 2.45) is 10.7 Å². The molecule has 216 valence electrons. The highest BCUT2D eigenvalue weighted by molar-refractivity contribution is 6.08. The van der Waals surface area contributed by atoms with Gasteiger partial charge in [0.1, 0.15) is 29.5 Å². The summed E-state index contributed by atoms with van der Waals surface area (Å²) in [5, 5.41) is 12.5. The molecule has 7 rings (SSSR count). The standard InChI is InChI=1S/C32H30N8O3/c1-17-7-4-5-10-24(17)40-22(13-20-9-6-8-18(2)26(20)31(40)42)15-39-30-27(29(33)34-16-35-30)28(38-39)21-11-12-25-23(14-21)37-32(43-25)36-19(3)41/h6-14,35H,4-5,15-16H2,1-3H3,(H2,33,34)(H,36,37,41). The number of amides is 1. The third-order valence-electron chi connectivity index (χ3n) is 7.89. The van der Waals surface area contributed by atoms with E-state index in [4.69, 9.17) is 15.2 Å². The van der Waals surface area contributed by atoms with Crippen LogP contribution in [0, 0.1) is 6.92 Å². The Morgan fingerprint density at radius 3 is 2.79 bits per heavy atom. The van der Waals surface area contributed by atoms with Crippen LogP contribution >= 0.6 is 0 Å². The highest BCUT2D eigenvalue weighted by Gasteiger charge is 2.26. The predicted octanol–water partition coefficient (Wildman–Crippen LogP) is 4.99. The van der Waals surface area contributed by atoms with Gasteiger partial charge in [0.15, 0.2) is 5.58 Å². The van der Waals surface area contributed by atoms with Crippen molar-refractivity contribution in [3.05, 3.63) is 87.4 Å². The van der Waals surface area contributed by atoms with Crippen LogP contribution in [0.3, 0.4) is 0 Å². The van der Waals surface area contributed by atoms with Crippen molar-refractivity contribution in [2.75, 3.05) is 17.3 Å². The van der Waals surface area contributed by atoms with Crippen molar-refractivity contribution in [3.63, 3.8) is 0 Å². The van der Waals surface area contributed by atoms with E-state index in [0.29, 0.717) is 46.8 Å². The first kappa shape index (κ1) is 26.4. The van der Waals surface area contributed by atoms with Gasteiger partial charge >= 0.3 is 6.01 Å². The first-order valence-corrected chi connectivity index (χ1v) is 14.1. The van der Waals surface area contributed by atoms with Crippen LogP contribution in [0.2, 0.25) is 0 Å². The zero-order valence-electron chi connectivity index (χ0n) is 24.1. The molecule has 0 atom stereocenters. The van der Waals surface area contributed by atoms with Crippen molar-refractivity contribution in [1.29, 1.82) is 0 Å². The fourth-order valence-electron chi connectivity index (χ4n) is 5.93. The second-order valence-electron chi connectivity index (χ2n) is 10.9. The molecule has 0 spiro atoms. The fourth-order valence-corrected chi connectivity index (χ4v) is 5.93. The number of oxazole rings is 1. The van der Waals surface area contributed by atoms with E-state index in [1.54, 1.807) is 6.07 Å². The van der Waals surface area contributed by atoms with E-state index >= 15 is 0 Å². The third kappa shape index (κ3) is 4.49. The molecule has 11 heteroatoms. The maximum Gasteiger partial charge on any atom is 0.302 e. The lowest BCUT2D eigenvalue weighted by Gasteiger charge is -2.22. The van der Waals surface area contributed by atoms with E-state index in [0.717, 1.165) is 52.1 Å². The molecule has 1 amide bonds. The van der Waals surface area contributed by atoms with Gasteiger partial charge in [-0.15, -0.1) is 0 Å². The Bertz CT molecular complexity index is 2130. The Labute approximate surface area is 246 Å². The average molecular weight is 575 g/mol. The van der Waals surface area contributed by atoms with Crippen LogP contribution in [0.25, 0.3) is 38.8 Å². The number of hydrogen-bond acceptors (Lipinski definition) is 8. The smallest absolute Gasteiger partial charge is 0.302 e. The van der Waals surface area contributed by atoms with Crippen LogP contribution in [0.1, 0.15) is 43.5 Å². The van der Waals surface area contributed by atoms with Crippen LogP contribution in [0.4, 0.5) is 11.8 Å². The normalized spacial score (nSPS) is 14.6. The SMILES string of the molecule is CC(=O)Nc1nc2cc(-c3nn(Cc4cc5cccc(C)c5c(=O)n4C4=CCCC=C4C)c4c3C(N)=NCN4)ccc2o1. The number of amidine groups is 1. The van der Waals surface area contributed by atoms with Gasteiger partial charge in [-0.3, -0.25) is 19.5 Å². The molecule has 11 nitrogen and oxygen atoms in total. The van der Waals surface area contributed by atoms with Crippen molar-refractivity contribution in [3.8, 4) is 11.3 Å². The summed E-state index contributed by atoms with van der Waals surface area (Å²) in [4.78, 5) is 34.4. The molecule has 4 N–H and O–H groups in total. The molecular formula is C32H30N8O3. The number of aromatic nitrogens is 4. The molecule has 0 saturated carbocycles. The van der Waals surface area contributed by atoms with Gasteiger partial charge in [-0.05, 0) is 67.5 Å². The number of pyridine rings is 1. The number of aryl methyl sites for hydroxylation is 1. The average Bonchev–Trinajstić information content (AvgIpc) is 3.54. The monoisotopic (exact) mass is 574 g/mol. The Hall–Kier alpha value is -5.45. The van der Waals surface area contributed by atoms with Crippen molar-refractivity contribution in [2.45, 2.75) is 40.2 Å². The Balaban J connectivity index is 1.39. The summed E-state index contributed by atoms with van der Waals surface area (Å²) in [6, 6.07) is 13.6. The molecule has 0 radical (unpaired) electrons. The minimum atomic E-state index is -0.272. The van der Waals surface area contributed by atoms with E-state index < -0.39 is 0 Å². The van der Waals surface area contributed by atoms with Crippen LogP contribution in [-0.2, 0) is 11.3 Å². The van der Waals surface area contributed by atoms with E-state index in [9.17, 15) is 9.59 Å². The first-order valence-electron chi connectivity index (χ1n) is 14.1. The largest absolute Gasteiger partial charge is 0.423 e. The zero-order chi connectivity index (χ0) is 29.8. The van der Waals surface area contributed by atoms with Gasteiger partial charge in [0, 0.05) is 23.9 Å². The lowest BCUT2D eigenvalue weighted by atomic mass is 10.0. The number of anilines is 2. The van der Waals surface area contributed by atoms with Crippen LogP contribution in [0.5, 0.6) is 0 Å². The first-order chi connectivity index (χ1) is 20.8. The van der Waals surface area contributed by atoms with Gasteiger partial charge in [0.05, 0.1) is 17.5 Å². The maximum atomic E-state index is 14.1. The van der Waals surface area contributed by atoms with Crippen LogP contribution in [0.15, 0.2) is 74.4 Å². The number of nitrogens with zero attached hydrogens (tertiary/aromatic N) is 5. The van der Waals surface area contributed by atoms with Gasteiger partial charge < -0.3 is 15.5 Å². The number of allylic oxidation sites excluding steroid dienone is 4. The molecule has 0 unspecified atom stereocenters. The quantitative estimate of drug-likeness (QED) is 0.268. The number of aliphatic imine (C=N–C) groups is 1. The lowest BCUT2D eigenvalue weighted by molar-refractivity contribution is -0.114. The second-order valence-corrected chi connectivity index (χ2v) is 10.9. The Morgan fingerprint density at radius 2 is 1.98 bits per heavy atom. The number of carbonyl (C=O) groups is 1. The lowest BCUT2D eigenvalue weighted by Crippen LogP contribution is -2.27. The van der Waals surface area contributed by atoms with E-state index in [1.165, 1.54) is 6.92 Å². The Morgan fingerprint density at radius 1 is 1.14 bits per heavy atom. The molecular weight excluding hydrogens is 544 g/mol. The van der Waals surface area contributed by atoms with E-state index in [1.807, 2.05) is 53.4 Å². The number of nitrogens with two attached hydrogens (primary N) is 1. The molecule has 1 aliphatic heterocycles. The predicted molar refractivity (Wildman–Crippen MR) is 168 cm³/mol. The molecule has 5 aromatic rings. The number of rotatable bonds is 5. The van der Waals surface area contributed by atoms with Crippen LogP contribution in [-0.4, -0.2) is 37.7 Å². The van der Waals surface area contributed by atoms with Crippen molar-refractivity contribution >= 4 is 51.1 Å². The summed E-state index contributed by atoms with van der Waals surface area (Å²) >= 11 is 0. The zero-order valence-corrected chi connectivity index (χ0v) is 24.1. The molecule has 0 bridgehead atoms. The van der Waals surface area contributed by atoms with E-state index in [2.05, 4.69) is 38.8 Å². The fraction of sp³-hybridized carbons (Fsp3) is 0.219. The molecule has 0 saturated heterocycles. The van der Waals surface area contributed by atoms with Gasteiger partial charge in [0.25, 0.3) is 5.56 Å². The maximum absolute atomic E-state index is 14.1. The highest BCUT2D eigenvalue weighted by Crippen LogP contribution is 2.34. The molecule has 4 heterocycles. The molecule has 1 aliphatic carbocycles. The molecule has 2 aliphatic rings. The summed E-state index contributed by atoms with van der Waals surface area (Å²) < 4.78 is 9.33. The van der Waals surface area contributed by atoms with Crippen molar-refractivity contribution < 1.29 is 9.21 Å². The summed E-state index contributed by atoms with van der Waals surface area (Å²) in [6.45, 7) is 6.03. The molecule has 43 heavy (non-hydrogen) atoms. The van der Waals surface area contributed by atoms with Gasteiger partial charge in [-0.25, -0.2) is 9.67 Å². The number of benzene rings is 2. The van der Waals surface area contributed by atoms with Crippen LogP contribution < -0.4 is 21.9 Å². The molecule has 0 fully saturated rings. The third-order valence-corrected chi connectivity index (χ3v) is 7.89. The summed E-state index contributed by atoms with van der Waals surface area (Å²) in [6.07, 6.45) is 6.14. The highest BCUT2D eigenvalue weighted by atomic mass is 16.4. The topological polar surface area (TPSA) is 145 Å². The molecule has 3 aromatic heterocycles. The van der Waals surface area contributed by atoms with Gasteiger partial charge in [0.2, 0.25) is 5.91 Å². The summed E-state index contributed by atoms with van der Waals surface area (Å²) in [5.41, 5.74) is 13.3. The summed E-state index contributed by atoms with van der Waals surface area (Å²) in [7, 11) is 0. The second kappa shape index (κ2) is 10.1. The minimum absolute atomic E-state index is 0.0479. The minimum Gasteiger partial charge on any atom is -0.423 e. The number of fused-ring (bicyclic) bond motifs is 3. The van der Waals surface area contributed by atoms with Crippen molar-refractivity contribution in [1.82, 2.24) is 19.3 Å². The molecule has 2 aromatic carbocycles.